The summed E-state index contributed by atoms with van der Waals surface area (Å²) in [5.74, 6) is 0.500. The fourth-order valence-corrected chi connectivity index (χ4v) is 2.02. The van der Waals surface area contributed by atoms with Crippen LogP contribution < -0.4 is 4.52 Å². The van der Waals surface area contributed by atoms with E-state index < -0.39 is 8.25 Å². The van der Waals surface area contributed by atoms with E-state index in [4.69, 9.17) is 9.42 Å². The summed E-state index contributed by atoms with van der Waals surface area (Å²) < 4.78 is 15.7. The molecule has 0 aliphatic heterocycles. The minimum atomic E-state index is -2.95. The lowest BCUT2D eigenvalue weighted by Crippen LogP contribution is -1.86. The van der Waals surface area contributed by atoms with Gasteiger partial charge in [-0.05, 0) is 17.9 Å². The minimum absolute atomic E-state index is 0.500. The topological polar surface area (TPSA) is 46.5 Å². The van der Waals surface area contributed by atoms with Gasteiger partial charge in [-0.15, -0.1) is 0 Å². The van der Waals surface area contributed by atoms with E-state index in [9.17, 15) is 4.57 Å². The lowest BCUT2D eigenvalue weighted by molar-refractivity contribution is 0.411. The van der Waals surface area contributed by atoms with Crippen LogP contribution in [-0.2, 0) is 4.57 Å². The third-order valence-corrected chi connectivity index (χ3v) is 3.14. The zero-order valence-corrected chi connectivity index (χ0v) is 12.6. The van der Waals surface area contributed by atoms with Crippen LogP contribution in [0.3, 0.4) is 0 Å². The Morgan fingerprint density at radius 3 is 2.32 bits per heavy atom. The maximum absolute atomic E-state index is 10.7. The summed E-state index contributed by atoms with van der Waals surface area (Å²) in [6.45, 7) is 6.21. The Hall–Kier alpha value is -1.31. The standard InChI is InChI=1S/C11H11O3P.C4H10/c1-8-6-7-9-4-2-3-5-10(9)11(8)14-15(12)13;1-3-4-2/h2-7,15H,1H3,(H,12,13);3-4H2,1-2H3. The van der Waals surface area contributed by atoms with E-state index in [0.29, 0.717) is 5.75 Å². The molecular formula is C15H21O3P. The summed E-state index contributed by atoms with van der Waals surface area (Å²) in [7, 11) is -2.95. The van der Waals surface area contributed by atoms with Gasteiger partial charge >= 0.3 is 8.25 Å². The van der Waals surface area contributed by atoms with Gasteiger partial charge in [0.2, 0.25) is 0 Å². The molecule has 0 saturated carbocycles. The van der Waals surface area contributed by atoms with Crippen molar-refractivity contribution in [1.29, 1.82) is 0 Å². The van der Waals surface area contributed by atoms with E-state index in [1.54, 1.807) is 0 Å². The first-order valence-corrected chi connectivity index (χ1v) is 7.75. The van der Waals surface area contributed by atoms with E-state index in [1.165, 1.54) is 12.8 Å². The quantitative estimate of drug-likeness (QED) is 0.828. The highest BCUT2D eigenvalue weighted by molar-refractivity contribution is 7.32. The fourth-order valence-electron chi connectivity index (χ4n) is 1.57. The maximum Gasteiger partial charge on any atom is 0.365 e. The van der Waals surface area contributed by atoms with Crippen LogP contribution in [0.2, 0.25) is 0 Å². The molecule has 2 aromatic carbocycles. The van der Waals surface area contributed by atoms with E-state index >= 15 is 0 Å². The third-order valence-electron chi connectivity index (χ3n) is 2.77. The van der Waals surface area contributed by atoms with Crippen molar-refractivity contribution < 1.29 is 14.0 Å². The molecule has 0 amide bonds. The Morgan fingerprint density at radius 2 is 1.74 bits per heavy atom. The summed E-state index contributed by atoms with van der Waals surface area (Å²) in [4.78, 5) is 8.81. The van der Waals surface area contributed by atoms with Crippen molar-refractivity contribution in [1.82, 2.24) is 0 Å². The average molecular weight is 280 g/mol. The lowest BCUT2D eigenvalue weighted by Gasteiger charge is -2.09. The van der Waals surface area contributed by atoms with Crippen LogP contribution in [0.25, 0.3) is 10.8 Å². The number of rotatable bonds is 3. The van der Waals surface area contributed by atoms with Crippen molar-refractivity contribution in [2.45, 2.75) is 33.6 Å². The molecular weight excluding hydrogens is 259 g/mol. The van der Waals surface area contributed by atoms with Crippen molar-refractivity contribution >= 4 is 19.0 Å². The predicted molar refractivity (Wildman–Crippen MR) is 81.1 cm³/mol. The lowest BCUT2D eigenvalue weighted by atomic mass is 10.1. The molecule has 0 aliphatic carbocycles. The summed E-state index contributed by atoms with van der Waals surface area (Å²) in [6, 6.07) is 11.5. The maximum atomic E-state index is 10.7. The van der Waals surface area contributed by atoms with Gasteiger partial charge < -0.3 is 9.42 Å². The highest BCUT2D eigenvalue weighted by Crippen LogP contribution is 2.34. The van der Waals surface area contributed by atoms with Crippen LogP contribution in [-0.4, -0.2) is 4.89 Å². The van der Waals surface area contributed by atoms with Crippen molar-refractivity contribution in [2.24, 2.45) is 0 Å². The van der Waals surface area contributed by atoms with Gasteiger partial charge in [0.1, 0.15) is 5.75 Å². The molecule has 1 unspecified atom stereocenters. The molecule has 0 bridgehead atoms. The first kappa shape index (κ1) is 15.7. The number of fused-ring (bicyclic) bond motifs is 1. The summed E-state index contributed by atoms with van der Waals surface area (Å²) in [5.41, 5.74) is 0.862. The number of benzene rings is 2. The molecule has 3 nitrogen and oxygen atoms in total. The highest BCUT2D eigenvalue weighted by atomic mass is 31.1. The van der Waals surface area contributed by atoms with Gasteiger partial charge in [-0.1, -0.05) is 63.1 Å². The van der Waals surface area contributed by atoms with E-state index in [1.807, 2.05) is 43.3 Å². The molecule has 2 aromatic rings. The molecule has 4 heteroatoms. The van der Waals surface area contributed by atoms with E-state index in [-0.39, 0.29) is 0 Å². The Kier molecular flexibility index (Phi) is 6.61. The van der Waals surface area contributed by atoms with Gasteiger partial charge in [0.25, 0.3) is 0 Å². The predicted octanol–water partition coefficient (Wildman–Crippen LogP) is 4.72. The second-order valence-corrected chi connectivity index (χ2v) is 5.04. The Morgan fingerprint density at radius 1 is 1.11 bits per heavy atom. The minimum Gasteiger partial charge on any atom is -0.425 e. The van der Waals surface area contributed by atoms with Gasteiger partial charge in [-0.25, -0.2) is 4.57 Å². The average Bonchev–Trinajstić information content (AvgIpc) is 2.42. The molecule has 0 radical (unpaired) electrons. The van der Waals surface area contributed by atoms with E-state index in [0.717, 1.165) is 16.3 Å². The molecule has 19 heavy (non-hydrogen) atoms. The molecule has 0 fully saturated rings. The zero-order chi connectivity index (χ0) is 14.3. The number of aryl methyl sites for hydroxylation is 1. The van der Waals surface area contributed by atoms with Crippen molar-refractivity contribution in [3.8, 4) is 5.75 Å². The SMILES string of the molecule is CCCC.Cc1ccc2ccccc2c1O[PH](=O)O. The van der Waals surface area contributed by atoms with Gasteiger partial charge in [-0.3, -0.25) is 0 Å². The van der Waals surface area contributed by atoms with E-state index in [2.05, 4.69) is 13.8 Å². The van der Waals surface area contributed by atoms with Gasteiger partial charge in [0.15, 0.2) is 0 Å². The third kappa shape index (κ3) is 4.70. The first-order chi connectivity index (χ1) is 9.10. The van der Waals surface area contributed by atoms with Gasteiger partial charge in [-0.2, -0.15) is 0 Å². The summed E-state index contributed by atoms with van der Waals surface area (Å²) in [5, 5.41) is 1.87. The molecule has 0 aliphatic rings. The van der Waals surface area contributed by atoms with Gasteiger partial charge in [0, 0.05) is 5.39 Å². The number of unbranched alkanes of at least 4 members (excludes halogenated alkanes) is 1. The molecule has 0 heterocycles. The van der Waals surface area contributed by atoms with Crippen molar-refractivity contribution in [2.75, 3.05) is 0 Å². The second-order valence-electron chi connectivity index (χ2n) is 4.30. The molecule has 0 spiro atoms. The summed E-state index contributed by atoms with van der Waals surface area (Å²) >= 11 is 0. The fraction of sp³-hybridized carbons (Fsp3) is 0.333. The van der Waals surface area contributed by atoms with Gasteiger partial charge in [0.05, 0.1) is 0 Å². The number of hydrogen-bond donors (Lipinski definition) is 1. The van der Waals surface area contributed by atoms with Crippen LogP contribution in [0.4, 0.5) is 0 Å². The number of hydrogen-bond acceptors (Lipinski definition) is 2. The molecule has 1 N–H and O–H groups in total. The molecule has 2 rings (SSSR count). The van der Waals surface area contributed by atoms with Crippen LogP contribution in [0.1, 0.15) is 32.3 Å². The van der Waals surface area contributed by atoms with Crippen LogP contribution in [0.15, 0.2) is 36.4 Å². The zero-order valence-electron chi connectivity index (χ0n) is 11.6. The molecule has 0 saturated heterocycles. The smallest absolute Gasteiger partial charge is 0.365 e. The normalized spacial score (nSPS) is 11.6. The Labute approximate surface area is 115 Å². The largest absolute Gasteiger partial charge is 0.425 e. The van der Waals surface area contributed by atoms with Crippen LogP contribution in [0.5, 0.6) is 5.75 Å². The van der Waals surface area contributed by atoms with Crippen LogP contribution in [0, 0.1) is 6.92 Å². The second kappa shape index (κ2) is 7.98. The molecule has 1 atom stereocenters. The first-order valence-electron chi connectivity index (χ1n) is 6.49. The summed E-state index contributed by atoms with van der Waals surface area (Å²) in [6.07, 6.45) is 2.64. The Balaban J connectivity index is 0.000000399. The van der Waals surface area contributed by atoms with Crippen LogP contribution >= 0.6 is 8.25 Å². The highest BCUT2D eigenvalue weighted by Gasteiger charge is 2.07. The molecule has 0 aromatic heterocycles. The van der Waals surface area contributed by atoms with Crippen molar-refractivity contribution in [3.05, 3.63) is 42.0 Å². The molecule has 104 valence electrons. The monoisotopic (exact) mass is 280 g/mol. The Bertz CT molecular complexity index is 550. The van der Waals surface area contributed by atoms with Crippen molar-refractivity contribution in [3.63, 3.8) is 0 Å².